The smallest absolute Gasteiger partial charge is 0.169 e. The van der Waals surface area contributed by atoms with E-state index < -0.39 is 0 Å². The molecule has 48 heavy (non-hydrogen) atoms. The van der Waals surface area contributed by atoms with Gasteiger partial charge in [0.1, 0.15) is 5.84 Å². The number of amidine groups is 2. The number of hydrogen-bond acceptors (Lipinski definition) is 4. The second-order valence-corrected chi connectivity index (χ2v) is 14.1. The number of benzene rings is 5. The molecule has 232 valence electrons. The molecule has 1 aliphatic heterocycles. The molecule has 0 amide bonds. The summed E-state index contributed by atoms with van der Waals surface area (Å²) in [6.07, 6.45) is 8.95. The molecule has 5 aromatic carbocycles. The quantitative estimate of drug-likeness (QED) is 0.185. The predicted octanol–water partition coefficient (Wildman–Crippen LogP) is 10.4. The lowest BCUT2D eigenvalue weighted by molar-refractivity contribution is 0.371. The highest BCUT2D eigenvalue weighted by molar-refractivity contribution is 7.20. The van der Waals surface area contributed by atoms with Crippen molar-refractivity contribution in [2.45, 2.75) is 18.5 Å². The van der Waals surface area contributed by atoms with E-state index in [1.165, 1.54) is 43.5 Å². The van der Waals surface area contributed by atoms with Gasteiger partial charge in [-0.3, -0.25) is 0 Å². The Bertz CT molecular complexity index is 2260. The summed E-state index contributed by atoms with van der Waals surface area (Å²) >= 11 is 1.76. The van der Waals surface area contributed by atoms with Crippen LogP contribution in [0.1, 0.15) is 45.8 Å². The maximum atomic E-state index is 5.51. The molecule has 6 aromatic rings. The molecule has 0 saturated carbocycles. The van der Waals surface area contributed by atoms with Crippen molar-refractivity contribution in [1.82, 2.24) is 4.90 Å². The van der Waals surface area contributed by atoms with Crippen LogP contribution in [0.15, 0.2) is 168 Å². The maximum Gasteiger partial charge on any atom is 0.169 e. The van der Waals surface area contributed by atoms with E-state index >= 15 is 0 Å². The van der Waals surface area contributed by atoms with Gasteiger partial charge in [-0.05, 0) is 51.3 Å². The van der Waals surface area contributed by atoms with Crippen molar-refractivity contribution in [2.24, 2.45) is 21.8 Å². The van der Waals surface area contributed by atoms with Crippen LogP contribution in [0, 0.1) is 11.8 Å². The van der Waals surface area contributed by atoms with Gasteiger partial charge in [-0.2, -0.15) is 0 Å². The van der Waals surface area contributed by atoms with Gasteiger partial charge in [0.2, 0.25) is 0 Å². The van der Waals surface area contributed by atoms with Crippen LogP contribution in [0.2, 0.25) is 0 Å². The first-order valence-electron chi connectivity index (χ1n) is 16.7. The Labute approximate surface area is 286 Å². The lowest BCUT2D eigenvalue weighted by atomic mass is 9.60. The van der Waals surface area contributed by atoms with E-state index in [2.05, 4.69) is 177 Å². The third-order valence-corrected chi connectivity index (χ3v) is 11.5. The summed E-state index contributed by atoms with van der Waals surface area (Å²) < 4.78 is 1.24. The Hall–Kier alpha value is -5.32. The van der Waals surface area contributed by atoms with Gasteiger partial charge in [0.05, 0.1) is 10.3 Å². The molecule has 3 nitrogen and oxygen atoms in total. The van der Waals surface area contributed by atoms with Crippen LogP contribution >= 0.6 is 11.3 Å². The van der Waals surface area contributed by atoms with Crippen LogP contribution in [0.4, 0.5) is 0 Å². The first kappa shape index (κ1) is 28.9. The Morgan fingerprint density at radius 3 is 2.23 bits per heavy atom. The van der Waals surface area contributed by atoms with Gasteiger partial charge >= 0.3 is 0 Å². The van der Waals surface area contributed by atoms with Crippen LogP contribution in [0.25, 0.3) is 21.2 Å². The first-order chi connectivity index (χ1) is 23.6. The molecule has 3 aliphatic rings. The average Bonchev–Trinajstić information content (AvgIpc) is 3.71. The van der Waals surface area contributed by atoms with Crippen molar-refractivity contribution >= 4 is 33.1 Å². The third kappa shape index (κ3) is 4.33. The zero-order valence-electron chi connectivity index (χ0n) is 27.0. The molecule has 4 heteroatoms. The Morgan fingerprint density at radius 1 is 0.708 bits per heavy atom. The zero-order chi connectivity index (χ0) is 32.2. The van der Waals surface area contributed by atoms with E-state index in [0.717, 1.165) is 22.1 Å². The standard InChI is InChI=1S/C44H35N3S/c1-29-16-9-12-24-35(29)44(32-20-7-4-8-21-32)36-25-13-11-22-33(36)40-34(23-15-26-37(40)44)43-46-41(39-28-31-19-10-14-27-38(31)48-39)45-42(47(43)2)30-17-5-3-6-18-30/h3-29,35,43H,1-2H3. The lowest BCUT2D eigenvalue weighted by Crippen LogP contribution is -2.39. The molecule has 0 spiro atoms. The van der Waals surface area contributed by atoms with Gasteiger partial charge in [0, 0.05) is 28.8 Å². The second kappa shape index (κ2) is 11.4. The molecule has 0 saturated heterocycles. The highest BCUT2D eigenvalue weighted by Gasteiger charge is 2.51. The molecule has 9 rings (SSSR count). The summed E-state index contributed by atoms with van der Waals surface area (Å²) in [5, 5.41) is 1.22. The maximum absolute atomic E-state index is 5.51. The Balaban J connectivity index is 1.30. The van der Waals surface area contributed by atoms with Crippen molar-refractivity contribution in [3.05, 3.63) is 190 Å². The van der Waals surface area contributed by atoms with Crippen molar-refractivity contribution < 1.29 is 0 Å². The van der Waals surface area contributed by atoms with Crippen LogP contribution in [0.5, 0.6) is 0 Å². The summed E-state index contributed by atoms with van der Waals surface area (Å²) in [6.45, 7) is 2.36. The monoisotopic (exact) mass is 637 g/mol. The summed E-state index contributed by atoms with van der Waals surface area (Å²) in [5.74, 6) is 2.30. The molecule has 0 radical (unpaired) electrons. The molecule has 2 heterocycles. The van der Waals surface area contributed by atoms with Crippen LogP contribution in [-0.2, 0) is 5.41 Å². The van der Waals surface area contributed by atoms with Crippen molar-refractivity contribution in [1.29, 1.82) is 0 Å². The molecule has 1 aromatic heterocycles. The van der Waals surface area contributed by atoms with Crippen molar-refractivity contribution in [3.63, 3.8) is 0 Å². The molecule has 0 fully saturated rings. The number of aliphatic imine (C=N–C) groups is 2. The molecule has 4 unspecified atom stereocenters. The molecular formula is C44H35N3S. The lowest BCUT2D eigenvalue weighted by Gasteiger charge is -2.42. The SMILES string of the molecule is CC1C=CC=CC1C1(c2ccccc2)c2ccccc2-c2c(C3N=C(c4cc5ccccc5s4)N=C(c4ccccc4)N3C)cccc21. The minimum Gasteiger partial charge on any atom is -0.333 e. The average molecular weight is 638 g/mol. The number of rotatable bonds is 5. The minimum atomic E-state index is -0.356. The fourth-order valence-corrected chi connectivity index (χ4v) is 9.30. The van der Waals surface area contributed by atoms with E-state index in [1.807, 2.05) is 0 Å². The van der Waals surface area contributed by atoms with Gasteiger partial charge < -0.3 is 4.90 Å². The molecule has 2 aliphatic carbocycles. The third-order valence-electron chi connectivity index (χ3n) is 10.4. The van der Waals surface area contributed by atoms with Gasteiger partial charge in [0.15, 0.2) is 12.0 Å². The van der Waals surface area contributed by atoms with Crippen LogP contribution in [-0.4, -0.2) is 23.6 Å². The first-order valence-corrected chi connectivity index (χ1v) is 17.5. The number of hydrogen-bond donors (Lipinski definition) is 0. The van der Waals surface area contributed by atoms with Crippen molar-refractivity contribution in [3.8, 4) is 11.1 Å². The van der Waals surface area contributed by atoms with E-state index in [1.54, 1.807) is 11.3 Å². The Morgan fingerprint density at radius 2 is 1.42 bits per heavy atom. The summed E-state index contributed by atoms with van der Waals surface area (Å²) in [4.78, 5) is 14.1. The number of nitrogens with zero attached hydrogens (tertiary/aromatic N) is 3. The highest BCUT2D eigenvalue weighted by atomic mass is 32.1. The fourth-order valence-electron chi connectivity index (χ4n) is 8.30. The van der Waals surface area contributed by atoms with Gasteiger partial charge in [-0.1, -0.05) is 153 Å². The number of allylic oxidation sites excluding steroid dienone is 4. The summed E-state index contributed by atoms with van der Waals surface area (Å²) in [7, 11) is 2.14. The number of thiophene rings is 1. The van der Waals surface area contributed by atoms with Crippen LogP contribution < -0.4 is 0 Å². The minimum absolute atomic E-state index is 0.241. The normalized spacial score (nSPS) is 22.7. The van der Waals surface area contributed by atoms with Gasteiger partial charge in [-0.25, -0.2) is 9.98 Å². The second-order valence-electron chi connectivity index (χ2n) is 13.0. The van der Waals surface area contributed by atoms with E-state index in [-0.39, 0.29) is 17.5 Å². The van der Waals surface area contributed by atoms with Gasteiger partial charge in [0.25, 0.3) is 0 Å². The van der Waals surface area contributed by atoms with Crippen LogP contribution in [0.3, 0.4) is 0 Å². The Kier molecular flexibility index (Phi) is 6.87. The summed E-state index contributed by atoms with van der Waals surface area (Å²) in [6, 6.07) is 48.4. The topological polar surface area (TPSA) is 28.0 Å². The predicted molar refractivity (Wildman–Crippen MR) is 201 cm³/mol. The highest BCUT2D eigenvalue weighted by Crippen LogP contribution is 2.60. The van der Waals surface area contributed by atoms with Gasteiger partial charge in [-0.15, -0.1) is 11.3 Å². The molecule has 0 bridgehead atoms. The van der Waals surface area contributed by atoms with E-state index in [9.17, 15) is 0 Å². The molecule has 0 N–H and O–H groups in total. The van der Waals surface area contributed by atoms with E-state index in [4.69, 9.17) is 9.98 Å². The van der Waals surface area contributed by atoms with Crippen molar-refractivity contribution in [2.75, 3.05) is 7.05 Å². The molecular weight excluding hydrogens is 603 g/mol. The zero-order valence-corrected chi connectivity index (χ0v) is 27.8. The fraction of sp³-hybridized carbons (Fsp3) is 0.136. The number of fused-ring (bicyclic) bond motifs is 4. The summed E-state index contributed by atoms with van der Waals surface area (Å²) in [5.41, 5.74) is 8.53. The molecule has 4 atom stereocenters. The largest absolute Gasteiger partial charge is 0.333 e. The van der Waals surface area contributed by atoms with E-state index in [0.29, 0.717) is 5.92 Å².